The third kappa shape index (κ3) is 5.40. The Labute approximate surface area is 327 Å². The molecule has 0 aliphatic heterocycles. The Morgan fingerprint density at radius 1 is 0.357 bits per heavy atom. The molecule has 11 rings (SSSR count). The molecule has 0 spiro atoms. The summed E-state index contributed by atoms with van der Waals surface area (Å²) in [6.45, 7) is 0. The molecule has 0 amide bonds. The predicted molar refractivity (Wildman–Crippen MR) is 234 cm³/mol. The summed E-state index contributed by atoms with van der Waals surface area (Å²) in [6.07, 6.45) is 0. The Kier molecular flexibility index (Phi) is 7.64. The number of rotatable bonds is 6. The van der Waals surface area contributed by atoms with Crippen LogP contribution < -0.4 is 0 Å². The van der Waals surface area contributed by atoms with Gasteiger partial charge in [0.25, 0.3) is 0 Å². The summed E-state index contributed by atoms with van der Waals surface area (Å²) in [5.74, 6) is 1.99. The van der Waals surface area contributed by atoms with Gasteiger partial charge in [0, 0.05) is 53.3 Å². The maximum atomic E-state index is 5.09. The molecule has 0 N–H and O–H groups in total. The summed E-state index contributed by atoms with van der Waals surface area (Å²) >= 11 is 1.80. The third-order valence-corrected chi connectivity index (χ3v) is 11.9. The molecule has 3 heterocycles. The number of fused-ring (bicyclic) bond motifs is 6. The number of thiophene rings is 1. The van der Waals surface area contributed by atoms with E-state index in [4.69, 9.17) is 15.0 Å². The van der Waals surface area contributed by atoms with E-state index in [0.29, 0.717) is 17.5 Å². The summed E-state index contributed by atoms with van der Waals surface area (Å²) in [7, 11) is 0. The molecular weight excluding hydrogens is 701 g/mol. The van der Waals surface area contributed by atoms with Crippen LogP contribution in [0, 0.1) is 0 Å². The van der Waals surface area contributed by atoms with Gasteiger partial charge in [0.1, 0.15) is 0 Å². The number of benzene rings is 8. The van der Waals surface area contributed by atoms with E-state index in [1.54, 1.807) is 11.3 Å². The van der Waals surface area contributed by atoms with Crippen molar-refractivity contribution in [2.75, 3.05) is 0 Å². The first-order valence-corrected chi connectivity index (χ1v) is 19.6. The standard InChI is InChI=1S/C51H32N4S/c1-4-14-33(15-5-1)34-26-29-38(30-27-34)55-44-24-11-10-20-40(44)43-32-37(28-31-45(43)55)39-21-13-25-46-47(39)41-22-12-23-42(48(41)56-46)51-53-49(35-16-6-2-7-17-35)52-50(54-51)36-18-8-3-9-19-36/h1-32H. The Bertz CT molecular complexity index is 3160. The Balaban J connectivity index is 1.06. The number of hydrogen-bond acceptors (Lipinski definition) is 4. The third-order valence-electron chi connectivity index (χ3n) is 10.7. The number of para-hydroxylation sites is 1. The molecule has 11 aromatic rings. The lowest BCUT2D eigenvalue weighted by atomic mass is 9.97. The first-order valence-electron chi connectivity index (χ1n) is 18.8. The van der Waals surface area contributed by atoms with E-state index in [1.165, 1.54) is 59.5 Å². The molecular formula is C51H32N4S. The van der Waals surface area contributed by atoms with Gasteiger partial charge >= 0.3 is 0 Å². The van der Waals surface area contributed by atoms with Gasteiger partial charge in [-0.25, -0.2) is 15.0 Å². The van der Waals surface area contributed by atoms with Crippen molar-refractivity contribution >= 4 is 53.3 Å². The molecule has 0 saturated carbocycles. The summed E-state index contributed by atoms with van der Waals surface area (Å²) in [5, 5.41) is 4.91. The van der Waals surface area contributed by atoms with E-state index in [9.17, 15) is 0 Å². The highest BCUT2D eigenvalue weighted by Crippen LogP contribution is 2.45. The van der Waals surface area contributed by atoms with Crippen LogP contribution in [0.4, 0.5) is 0 Å². The van der Waals surface area contributed by atoms with E-state index in [1.807, 2.05) is 36.4 Å². The van der Waals surface area contributed by atoms with Crippen molar-refractivity contribution in [3.05, 3.63) is 194 Å². The molecule has 56 heavy (non-hydrogen) atoms. The first-order chi connectivity index (χ1) is 27.8. The van der Waals surface area contributed by atoms with Crippen LogP contribution in [-0.2, 0) is 0 Å². The second-order valence-electron chi connectivity index (χ2n) is 14.0. The summed E-state index contributed by atoms with van der Waals surface area (Å²) < 4.78 is 4.78. The maximum absolute atomic E-state index is 5.09. The molecule has 262 valence electrons. The van der Waals surface area contributed by atoms with E-state index >= 15 is 0 Å². The van der Waals surface area contributed by atoms with E-state index < -0.39 is 0 Å². The summed E-state index contributed by atoms with van der Waals surface area (Å²) in [6, 6.07) is 68.6. The van der Waals surface area contributed by atoms with Crippen molar-refractivity contribution < 1.29 is 0 Å². The zero-order valence-corrected chi connectivity index (χ0v) is 31.0. The lowest BCUT2D eigenvalue weighted by Gasteiger charge is -2.10. The fourth-order valence-electron chi connectivity index (χ4n) is 8.05. The topological polar surface area (TPSA) is 43.6 Å². The smallest absolute Gasteiger partial charge is 0.165 e. The molecule has 0 atom stereocenters. The molecule has 0 radical (unpaired) electrons. The van der Waals surface area contributed by atoms with Crippen LogP contribution in [-0.4, -0.2) is 19.5 Å². The zero-order valence-electron chi connectivity index (χ0n) is 30.2. The normalized spacial score (nSPS) is 11.6. The highest BCUT2D eigenvalue weighted by molar-refractivity contribution is 7.26. The van der Waals surface area contributed by atoms with Crippen molar-refractivity contribution in [3.8, 4) is 62.1 Å². The van der Waals surface area contributed by atoms with Gasteiger partial charge in [-0.15, -0.1) is 11.3 Å². The molecule has 0 saturated heterocycles. The van der Waals surface area contributed by atoms with Crippen LogP contribution >= 0.6 is 11.3 Å². The fourth-order valence-corrected chi connectivity index (χ4v) is 9.28. The molecule has 0 aliphatic rings. The van der Waals surface area contributed by atoms with Gasteiger partial charge in [0.2, 0.25) is 0 Å². The molecule has 4 nitrogen and oxygen atoms in total. The Morgan fingerprint density at radius 2 is 0.893 bits per heavy atom. The highest BCUT2D eigenvalue weighted by atomic mass is 32.1. The van der Waals surface area contributed by atoms with Crippen molar-refractivity contribution in [2.45, 2.75) is 0 Å². The predicted octanol–water partition coefficient (Wildman–Crippen LogP) is 13.7. The molecule has 0 aliphatic carbocycles. The molecule has 3 aromatic heterocycles. The van der Waals surface area contributed by atoms with Gasteiger partial charge in [0.05, 0.1) is 11.0 Å². The summed E-state index contributed by atoms with van der Waals surface area (Å²) in [4.78, 5) is 15.1. The molecule has 0 bridgehead atoms. The van der Waals surface area contributed by atoms with Gasteiger partial charge in [-0.3, -0.25) is 0 Å². The average Bonchev–Trinajstić information content (AvgIpc) is 3.83. The second kappa shape index (κ2) is 13.3. The lowest BCUT2D eigenvalue weighted by Crippen LogP contribution is -2.00. The van der Waals surface area contributed by atoms with Crippen LogP contribution in [0.1, 0.15) is 0 Å². The van der Waals surface area contributed by atoms with Gasteiger partial charge in [-0.05, 0) is 64.7 Å². The van der Waals surface area contributed by atoms with E-state index in [2.05, 4.69) is 162 Å². The largest absolute Gasteiger partial charge is 0.309 e. The minimum Gasteiger partial charge on any atom is -0.309 e. The minimum absolute atomic E-state index is 0.660. The zero-order chi connectivity index (χ0) is 37.0. The Hall–Kier alpha value is -7.21. The quantitative estimate of drug-likeness (QED) is 0.171. The van der Waals surface area contributed by atoms with Crippen LogP contribution in [0.2, 0.25) is 0 Å². The van der Waals surface area contributed by atoms with Gasteiger partial charge in [-0.2, -0.15) is 0 Å². The van der Waals surface area contributed by atoms with Crippen LogP contribution in [0.3, 0.4) is 0 Å². The number of hydrogen-bond donors (Lipinski definition) is 0. The molecule has 0 fully saturated rings. The molecule has 0 unspecified atom stereocenters. The van der Waals surface area contributed by atoms with Gasteiger partial charge in [-0.1, -0.05) is 152 Å². The minimum atomic E-state index is 0.660. The first kappa shape index (κ1) is 32.2. The maximum Gasteiger partial charge on any atom is 0.165 e. The highest BCUT2D eigenvalue weighted by Gasteiger charge is 2.19. The number of nitrogens with zero attached hydrogens (tertiary/aromatic N) is 4. The van der Waals surface area contributed by atoms with Crippen molar-refractivity contribution in [2.24, 2.45) is 0 Å². The van der Waals surface area contributed by atoms with E-state index in [0.717, 1.165) is 27.1 Å². The van der Waals surface area contributed by atoms with Crippen molar-refractivity contribution in [3.63, 3.8) is 0 Å². The summed E-state index contributed by atoms with van der Waals surface area (Å²) in [5.41, 5.74) is 11.3. The van der Waals surface area contributed by atoms with Crippen LogP contribution in [0.5, 0.6) is 0 Å². The Morgan fingerprint density at radius 3 is 1.61 bits per heavy atom. The van der Waals surface area contributed by atoms with Gasteiger partial charge in [0.15, 0.2) is 17.5 Å². The van der Waals surface area contributed by atoms with Crippen LogP contribution in [0.15, 0.2) is 194 Å². The fraction of sp³-hybridized carbons (Fsp3) is 0. The van der Waals surface area contributed by atoms with Crippen molar-refractivity contribution in [1.29, 1.82) is 0 Å². The number of aromatic nitrogens is 4. The SMILES string of the molecule is c1ccc(-c2ccc(-n3c4ccccc4c4cc(-c5cccc6sc7c(-c8nc(-c9ccccc9)nc(-c9ccccc9)n8)cccc7c56)ccc43)cc2)cc1. The lowest BCUT2D eigenvalue weighted by molar-refractivity contribution is 1.08. The molecule has 5 heteroatoms. The second-order valence-corrected chi connectivity index (χ2v) is 15.1. The monoisotopic (exact) mass is 732 g/mol. The van der Waals surface area contributed by atoms with Crippen LogP contribution in [0.25, 0.3) is 104 Å². The average molecular weight is 733 g/mol. The van der Waals surface area contributed by atoms with Gasteiger partial charge < -0.3 is 4.57 Å². The van der Waals surface area contributed by atoms with Crippen molar-refractivity contribution in [1.82, 2.24) is 19.5 Å². The molecule has 8 aromatic carbocycles. The van der Waals surface area contributed by atoms with E-state index in [-0.39, 0.29) is 0 Å².